The monoisotopic (exact) mass is 386 g/mol. The molecule has 150 valence electrons. The smallest absolute Gasteiger partial charge is 0.231 e. The van der Waals surface area contributed by atoms with Gasteiger partial charge in [0.25, 0.3) is 0 Å². The van der Waals surface area contributed by atoms with E-state index in [0.717, 1.165) is 48.8 Å². The number of ether oxygens (including phenoxy) is 2. The van der Waals surface area contributed by atoms with Gasteiger partial charge in [0.05, 0.1) is 12.6 Å². The summed E-state index contributed by atoms with van der Waals surface area (Å²) in [6, 6.07) is 5.96. The van der Waals surface area contributed by atoms with E-state index >= 15 is 0 Å². The molecule has 1 fully saturated rings. The number of hydrogen-bond donors (Lipinski definition) is 1. The van der Waals surface area contributed by atoms with Crippen LogP contribution in [0.4, 0.5) is 0 Å². The minimum Gasteiger partial charge on any atom is -0.454 e. The number of nitrogens with zero attached hydrogens (tertiary/aromatic N) is 5. The van der Waals surface area contributed by atoms with Gasteiger partial charge in [-0.3, -0.25) is 9.69 Å². The van der Waals surface area contributed by atoms with E-state index in [1.165, 1.54) is 0 Å². The van der Waals surface area contributed by atoms with E-state index in [-0.39, 0.29) is 24.7 Å². The third kappa shape index (κ3) is 3.66. The largest absolute Gasteiger partial charge is 0.454 e. The molecule has 2 aromatic rings. The number of aromatic nitrogens is 4. The van der Waals surface area contributed by atoms with E-state index in [0.29, 0.717) is 12.5 Å². The number of benzene rings is 1. The van der Waals surface area contributed by atoms with Crippen molar-refractivity contribution in [3.8, 4) is 11.5 Å². The molecule has 0 bridgehead atoms. The lowest BCUT2D eigenvalue weighted by Gasteiger charge is -2.38. The van der Waals surface area contributed by atoms with Gasteiger partial charge in [0.1, 0.15) is 0 Å². The molecule has 9 heteroatoms. The van der Waals surface area contributed by atoms with Gasteiger partial charge in [-0.25, -0.2) is 4.68 Å². The van der Waals surface area contributed by atoms with Crippen LogP contribution >= 0.6 is 0 Å². The molecule has 2 aliphatic heterocycles. The van der Waals surface area contributed by atoms with Crippen LogP contribution in [0.2, 0.25) is 0 Å². The van der Waals surface area contributed by atoms with Crippen LogP contribution in [0, 0.1) is 11.8 Å². The van der Waals surface area contributed by atoms with E-state index < -0.39 is 0 Å². The summed E-state index contributed by atoms with van der Waals surface area (Å²) < 4.78 is 12.7. The zero-order valence-corrected chi connectivity index (χ0v) is 16.2. The highest BCUT2D eigenvalue weighted by Gasteiger charge is 2.33. The van der Waals surface area contributed by atoms with Crippen LogP contribution in [-0.4, -0.2) is 50.9 Å². The Bertz CT molecular complexity index is 844. The van der Waals surface area contributed by atoms with Crippen molar-refractivity contribution in [3.05, 3.63) is 29.6 Å². The summed E-state index contributed by atoms with van der Waals surface area (Å²) in [6.07, 6.45) is 1.56. The number of rotatable bonds is 6. The molecule has 9 nitrogen and oxygen atoms in total. The van der Waals surface area contributed by atoms with Gasteiger partial charge in [0, 0.05) is 5.92 Å². The third-order valence-corrected chi connectivity index (χ3v) is 5.55. The molecule has 0 spiro atoms. The molecule has 2 N–H and O–H groups in total. The van der Waals surface area contributed by atoms with E-state index in [4.69, 9.17) is 15.2 Å². The van der Waals surface area contributed by atoms with Crippen LogP contribution in [0.5, 0.6) is 11.5 Å². The SMILES string of the molecule is CC(C)C(c1nnnn1Cc1ccc2c(c1)OCO2)N1CCC(C(N)=O)CC1. The van der Waals surface area contributed by atoms with Gasteiger partial charge in [0.15, 0.2) is 17.3 Å². The number of piperidine rings is 1. The summed E-state index contributed by atoms with van der Waals surface area (Å²) in [5.41, 5.74) is 6.53. The number of carbonyl (C=O) groups is 1. The third-order valence-electron chi connectivity index (χ3n) is 5.55. The number of tetrazole rings is 1. The Morgan fingerprint density at radius 2 is 2.00 bits per heavy atom. The first-order valence-electron chi connectivity index (χ1n) is 9.71. The standard InChI is InChI=1S/C19H26N6O3/c1-12(2)17(24-7-5-14(6-8-24)18(20)26)19-21-22-23-25(19)10-13-3-4-15-16(9-13)28-11-27-15/h3-4,9,12,14,17H,5-8,10-11H2,1-2H3,(H2,20,26). The van der Waals surface area contributed by atoms with Gasteiger partial charge in [-0.05, 0) is 60.0 Å². The normalized spacial score (nSPS) is 18.5. The van der Waals surface area contributed by atoms with Gasteiger partial charge >= 0.3 is 0 Å². The van der Waals surface area contributed by atoms with Crippen molar-refractivity contribution in [2.24, 2.45) is 17.6 Å². The molecular weight excluding hydrogens is 360 g/mol. The maximum Gasteiger partial charge on any atom is 0.231 e. The maximum atomic E-state index is 11.5. The molecule has 2 aliphatic rings. The van der Waals surface area contributed by atoms with Gasteiger partial charge < -0.3 is 15.2 Å². The molecule has 4 rings (SSSR count). The fourth-order valence-corrected chi connectivity index (χ4v) is 4.09. The topological polar surface area (TPSA) is 108 Å². The van der Waals surface area contributed by atoms with Crippen molar-refractivity contribution in [2.75, 3.05) is 19.9 Å². The summed E-state index contributed by atoms with van der Waals surface area (Å²) in [4.78, 5) is 13.8. The number of fused-ring (bicyclic) bond motifs is 1. The Kier molecular flexibility index (Phi) is 5.17. The van der Waals surface area contributed by atoms with Gasteiger partial charge in [-0.1, -0.05) is 19.9 Å². The first kappa shape index (κ1) is 18.7. The molecule has 0 radical (unpaired) electrons. The van der Waals surface area contributed by atoms with Gasteiger partial charge in [-0.2, -0.15) is 0 Å². The zero-order chi connectivity index (χ0) is 19.7. The van der Waals surface area contributed by atoms with Crippen molar-refractivity contribution >= 4 is 5.91 Å². The second kappa shape index (κ2) is 7.75. The fourth-order valence-electron chi connectivity index (χ4n) is 4.09. The van der Waals surface area contributed by atoms with E-state index in [1.54, 1.807) is 0 Å². The van der Waals surface area contributed by atoms with Crippen molar-refractivity contribution in [1.82, 2.24) is 25.1 Å². The highest BCUT2D eigenvalue weighted by Crippen LogP contribution is 2.34. The summed E-state index contributed by atoms with van der Waals surface area (Å²) in [6.45, 7) is 6.78. The lowest BCUT2D eigenvalue weighted by atomic mass is 9.92. The summed E-state index contributed by atoms with van der Waals surface area (Å²) in [5.74, 6) is 2.44. The number of amides is 1. The molecule has 1 aromatic carbocycles. The molecule has 1 atom stereocenters. The number of carbonyl (C=O) groups excluding carboxylic acids is 1. The average molecular weight is 386 g/mol. The number of primary amides is 1. The summed E-state index contributed by atoms with van der Waals surface area (Å²) >= 11 is 0. The summed E-state index contributed by atoms with van der Waals surface area (Å²) in [5, 5.41) is 12.5. The molecule has 0 aliphatic carbocycles. The van der Waals surface area contributed by atoms with E-state index in [2.05, 4.69) is 34.3 Å². The van der Waals surface area contributed by atoms with E-state index in [9.17, 15) is 4.79 Å². The quantitative estimate of drug-likeness (QED) is 0.798. The number of hydrogen-bond acceptors (Lipinski definition) is 7. The molecule has 1 saturated heterocycles. The van der Waals surface area contributed by atoms with E-state index in [1.807, 2.05) is 22.9 Å². The van der Waals surface area contributed by atoms with Crippen LogP contribution in [0.3, 0.4) is 0 Å². The predicted molar refractivity (Wildman–Crippen MR) is 101 cm³/mol. The van der Waals surface area contributed by atoms with Crippen LogP contribution in [0.15, 0.2) is 18.2 Å². The predicted octanol–water partition coefficient (Wildman–Crippen LogP) is 1.34. The molecule has 1 unspecified atom stereocenters. The maximum absolute atomic E-state index is 11.5. The molecular formula is C19H26N6O3. The van der Waals surface area contributed by atoms with Crippen molar-refractivity contribution in [1.29, 1.82) is 0 Å². The first-order valence-corrected chi connectivity index (χ1v) is 9.71. The molecule has 0 saturated carbocycles. The number of likely N-dealkylation sites (tertiary alicyclic amines) is 1. The Morgan fingerprint density at radius 3 is 2.71 bits per heavy atom. The zero-order valence-electron chi connectivity index (χ0n) is 16.2. The minimum absolute atomic E-state index is 0.0336. The van der Waals surface area contributed by atoms with Crippen LogP contribution in [0.25, 0.3) is 0 Å². The average Bonchev–Trinajstić information content (AvgIpc) is 3.31. The minimum atomic E-state index is -0.201. The highest BCUT2D eigenvalue weighted by molar-refractivity contribution is 5.76. The highest BCUT2D eigenvalue weighted by atomic mass is 16.7. The molecule has 28 heavy (non-hydrogen) atoms. The second-order valence-electron chi connectivity index (χ2n) is 7.78. The molecule has 1 aromatic heterocycles. The van der Waals surface area contributed by atoms with Crippen molar-refractivity contribution < 1.29 is 14.3 Å². The fraction of sp³-hybridized carbons (Fsp3) is 0.579. The number of nitrogens with two attached hydrogens (primary N) is 1. The van der Waals surface area contributed by atoms with Crippen LogP contribution < -0.4 is 15.2 Å². The first-order chi connectivity index (χ1) is 13.5. The van der Waals surface area contributed by atoms with Gasteiger partial charge in [0.2, 0.25) is 12.7 Å². The van der Waals surface area contributed by atoms with Crippen molar-refractivity contribution in [3.63, 3.8) is 0 Å². The van der Waals surface area contributed by atoms with Crippen LogP contribution in [0.1, 0.15) is 44.1 Å². The Labute approximate surface area is 163 Å². The second-order valence-corrected chi connectivity index (χ2v) is 7.78. The Balaban J connectivity index is 1.53. The molecule has 1 amide bonds. The Morgan fingerprint density at radius 1 is 1.25 bits per heavy atom. The summed E-state index contributed by atoms with van der Waals surface area (Å²) in [7, 11) is 0. The molecule has 3 heterocycles. The van der Waals surface area contributed by atoms with Crippen molar-refractivity contribution in [2.45, 2.75) is 39.3 Å². The Hall–Kier alpha value is -2.68. The van der Waals surface area contributed by atoms with Gasteiger partial charge in [-0.15, -0.1) is 5.10 Å². The van der Waals surface area contributed by atoms with Crippen LogP contribution in [-0.2, 0) is 11.3 Å². The lowest BCUT2D eigenvalue weighted by Crippen LogP contribution is -2.42. The lowest BCUT2D eigenvalue weighted by molar-refractivity contribution is -0.123.